The maximum absolute atomic E-state index is 13.9. The van der Waals surface area contributed by atoms with E-state index in [4.69, 9.17) is 9.97 Å². The van der Waals surface area contributed by atoms with E-state index < -0.39 is 11.8 Å². The maximum atomic E-state index is 13.9. The van der Waals surface area contributed by atoms with Gasteiger partial charge in [-0.15, -0.1) is 0 Å². The summed E-state index contributed by atoms with van der Waals surface area (Å²) in [5.74, 6) is -0.975. The van der Waals surface area contributed by atoms with Crippen LogP contribution in [0.25, 0.3) is 22.5 Å². The Morgan fingerprint density at radius 3 is 1.56 bits per heavy atom. The van der Waals surface area contributed by atoms with E-state index in [0.29, 0.717) is 76.6 Å². The van der Waals surface area contributed by atoms with Crippen LogP contribution in [0.4, 0.5) is 20.4 Å². The topological polar surface area (TPSA) is 169 Å². The number of carbonyl (C=O) groups excluding carboxylic acids is 2. The van der Waals surface area contributed by atoms with Crippen LogP contribution in [0.3, 0.4) is 0 Å². The molecule has 0 saturated carbocycles. The molecule has 4 aromatic carbocycles. The number of rotatable bonds is 16. The minimum Gasteiger partial charge on any atom is -0.369 e. The lowest BCUT2D eigenvalue weighted by Gasteiger charge is -2.16. The van der Waals surface area contributed by atoms with Gasteiger partial charge in [-0.3, -0.25) is 14.6 Å². The highest BCUT2D eigenvalue weighted by molar-refractivity contribution is 6.00. The third-order valence-corrected chi connectivity index (χ3v) is 9.96. The Morgan fingerprint density at radius 1 is 0.565 bits per heavy atom. The molecule has 0 radical (unpaired) electrons. The minimum atomic E-state index is -0.440. The number of amides is 2. The Morgan fingerprint density at radius 2 is 1.06 bits per heavy atom. The average molecular weight is 824 g/mol. The van der Waals surface area contributed by atoms with Crippen molar-refractivity contribution in [2.24, 2.45) is 0 Å². The molecule has 0 aliphatic rings. The van der Waals surface area contributed by atoms with Gasteiger partial charge in [0.15, 0.2) is 0 Å². The summed E-state index contributed by atoms with van der Waals surface area (Å²) in [7, 11) is 0. The van der Waals surface area contributed by atoms with E-state index >= 15 is 0 Å². The second-order valence-corrected chi connectivity index (χ2v) is 14.1. The van der Waals surface area contributed by atoms with Gasteiger partial charge in [-0.05, 0) is 96.3 Å². The first kappa shape index (κ1) is 41.9. The zero-order valence-corrected chi connectivity index (χ0v) is 33.3. The largest absolute Gasteiger partial charge is 0.369 e. The predicted octanol–water partition coefficient (Wildman–Crippen LogP) is 8.40. The van der Waals surface area contributed by atoms with Gasteiger partial charge in [0.05, 0.1) is 58.0 Å². The summed E-state index contributed by atoms with van der Waals surface area (Å²) in [5, 5.41) is 31.8. The van der Waals surface area contributed by atoms with E-state index in [2.05, 4.69) is 38.4 Å². The van der Waals surface area contributed by atoms with Crippen LogP contribution >= 0.6 is 0 Å². The van der Waals surface area contributed by atoms with Crippen LogP contribution in [0.15, 0.2) is 140 Å². The molecule has 3 aromatic heterocycles. The molecule has 0 spiro atoms. The summed E-state index contributed by atoms with van der Waals surface area (Å²) < 4.78 is 27.7. The molecule has 62 heavy (non-hydrogen) atoms. The van der Waals surface area contributed by atoms with Crippen LogP contribution in [0.5, 0.6) is 0 Å². The van der Waals surface area contributed by atoms with Crippen molar-refractivity contribution < 1.29 is 18.4 Å². The van der Waals surface area contributed by atoms with E-state index in [1.54, 1.807) is 103 Å². The molecule has 7 rings (SSSR count). The summed E-state index contributed by atoms with van der Waals surface area (Å²) >= 11 is 0. The monoisotopic (exact) mass is 823 g/mol. The average Bonchev–Trinajstić information content (AvgIpc) is 3.30. The summed E-state index contributed by atoms with van der Waals surface area (Å²) in [4.78, 5) is 41.6. The number of halogens is 2. The molecule has 11 nitrogen and oxygen atoms in total. The number of anilines is 2. The van der Waals surface area contributed by atoms with Gasteiger partial charge in [-0.25, -0.2) is 18.7 Å². The van der Waals surface area contributed by atoms with Gasteiger partial charge in [0.1, 0.15) is 23.3 Å². The predicted molar refractivity (Wildman–Crippen MR) is 233 cm³/mol. The number of nitrogens with zero attached hydrogens (tertiary/aromatic N) is 5. The fraction of sp³-hybridized carbons (Fsp3) is 0.122. The van der Waals surface area contributed by atoms with E-state index in [-0.39, 0.29) is 41.7 Å². The van der Waals surface area contributed by atoms with Crippen LogP contribution in [-0.4, -0.2) is 39.9 Å². The van der Waals surface area contributed by atoms with Crippen LogP contribution in [0.1, 0.15) is 54.2 Å². The number of hydrogen-bond donors (Lipinski definition) is 4. The van der Waals surface area contributed by atoms with Crippen molar-refractivity contribution in [2.75, 3.05) is 23.7 Å². The van der Waals surface area contributed by atoms with Crippen molar-refractivity contribution in [1.82, 2.24) is 25.6 Å². The van der Waals surface area contributed by atoms with Gasteiger partial charge in [-0.2, -0.15) is 10.5 Å². The summed E-state index contributed by atoms with van der Waals surface area (Å²) in [6.45, 7) is 0.789. The zero-order valence-electron chi connectivity index (χ0n) is 33.3. The van der Waals surface area contributed by atoms with Crippen LogP contribution in [0, 0.1) is 34.3 Å². The van der Waals surface area contributed by atoms with Gasteiger partial charge < -0.3 is 21.3 Å². The quantitative estimate of drug-likeness (QED) is 0.0748. The second-order valence-electron chi connectivity index (χ2n) is 14.1. The van der Waals surface area contributed by atoms with Gasteiger partial charge in [0, 0.05) is 37.0 Å². The highest BCUT2D eigenvalue weighted by Crippen LogP contribution is 2.27. The van der Waals surface area contributed by atoms with Gasteiger partial charge >= 0.3 is 0 Å². The number of nitrogens with one attached hydrogen (secondary N) is 4. The van der Waals surface area contributed by atoms with Gasteiger partial charge in [0.2, 0.25) is 0 Å². The molecule has 0 unspecified atom stereocenters. The van der Waals surface area contributed by atoms with Crippen molar-refractivity contribution in [1.29, 1.82) is 10.5 Å². The summed E-state index contributed by atoms with van der Waals surface area (Å²) in [5.41, 5.74) is 6.30. The first-order chi connectivity index (χ1) is 30.3. The molecule has 4 N–H and O–H groups in total. The number of pyridine rings is 3. The van der Waals surface area contributed by atoms with Crippen molar-refractivity contribution in [3.8, 4) is 34.7 Å². The molecule has 3 heterocycles. The Hall–Kier alpha value is -8.29. The Kier molecular flexibility index (Phi) is 13.6. The molecule has 7 aromatic rings. The van der Waals surface area contributed by atoms with Crippen molar-refractivity contribution in [3.63, 3.8) is 0 Å². The van der Waals surface area contributed by atoms with Gasteiger partial charge in [-0.1, -0.05) is 66.7 Å². The fourth-order valence-electron chi connectivity index (χ4n) is 6.82. The molecule has 0 fully saturated rings. The number of hydrogen-bond acceptors (Lipinski definition) is 9. The molecule has 0 aliphatic heterocycles. The summed E-state index contributed by atoms with van der Waals surface area (Å²) in [6, 6.07) is 41.2. The van der Waals surface area contributed by atoms with E-state index in [1.807, 2.05) is 12.1 Å². The van der Waals surface area contributed by atoms with Crippen LogP contribution in [0.2, 0.25) is 0 Å². The lowest BCUT2D eigenvalue weighted by atomic mass is 10.0. The molecule has 306 valence electrons. The Balaban J connectivity index is 1.06. The Bertz CT molecular complexity index is 2640. The third-order valence-electron chi connectivity index (χ3n) is 9.96. The molecule has 0 aliphatic carbocycles. The minimum absolute atomic E-state index is 0.0219. The lowest BCUT2D eigenvalue weighted by Crippen LogP contribution is -2.28. The van der Waals surface area contributed by atoms with Crippen LogP contribution < -0.4 is 21.3 Å². The van der Waals surface area contributed by atoms with E-state index in [9.17, 15) is 28.9 Å². The fourth-order valence-corrected chi connectivity index (χ4v) is 6.82. The SMILES string of the molecule is N#Cc1ccccc1-c1ccc(C(=O)NCc2cccnc2CNC(=O)c2ccc(-c3ccccc3C#N)nc2NCCc2cccc(F)c2)c(NCCc2cccc(F)c2)n1. The first-order valence-corrected chi connectivity index (χ1v) is 19.8. The summed E-state index contributed by atoms with van der Waals surface area (Å²) in [6.07, 6.45) is 2.52. The number of nitriles is 2. The second kappa shape index (κ2) is 20.1. The highest BCUT2D eigenvalue weighted by Gasteiger charge is 2.19. The normalized spacial score (nSPS) is 10.6. The van der Waals surface area contributed by atoms with Gasteiger partial charge in [0.25, 0.3) is 11.8 Å². The molecular formula is C49H39F2N9O2. The number of aromatic nitrogens is 3. The van der Waals surface area contributed by atoms with Crippen molar-refractivity contribution >= 4 is 23.5 Å². The van der Waals surface area contributed by atoms with E-state index in [0.717, 1.165) is 11.1 Å². The Labute approximate surface area is 357 Å². The first-order valence-electron chi connectivity index (χ1n) is 19.8. The third kappa shape index (κ3) is 10.5. The molecular weight excluding hydrogens is 785 g/mol. The van der Waals surface area contributed by atoms with Crippen molar-refractivity contribution in [3.05, 3.63) is 196 Å². The molecule has 2 amide bonds. The standard InChI is InChI=1S/C49H39F2N9O2/c50-37-13-5-8-32(26-37)21-24-55-46-41(17-19-43(59-46)39-15-3-1-10-34(39)28-52)48(61)57-30-36-12-7-23-54-45(36)31-58-49(62)42-18-20-44(40-16-4-2-11-35(40)29-53)60-47(42)56-25-22-33-9-6-14-38(51)27-33/h1-20,23,26-27H,21-22,24-25,30-31H2,(H,55,59)(H,56,60)(H,57,61)(H,58,62). The lowest BCUT2D eigenvalue weighted by molar-refractivity contribution is 0.0940. The zero-order chi connectivity index (χ0) is 43.3. The molecule has 0 bridgehead atoms. The number of carbonyl (C=O) groups is 2. The van der Waals surface area contributed by atoms with E-state index in [1.165, 1.54) is 24.3 Å². The van der Waals surface area contributed by atoms with Crippen molar-refractivity contribution in [2.45, 2.75) is 25.9 Å². The molecule has 13 heteroatoms. The maximum Gasteiger partial charge on any atom is 0.255 e. The number of benzene rings is 4. The van der Waals surface area contributed by atoms with Crippen LogP contribution in [-0.2, 0) is 25.9 Å². The smallest absolute Gasteiger partial charge is 0.255 e. The molecule has 0 saturated heterocycles. The molecule has 0 atom stereocenters. The highest BCUT2D eigenvalue weighted by atomic mass is 19.1.